The zero-order valence-electron chi connectivity index (χ0n) is 14.9. The summed E-state index contributed by atoms with van der Waals surface area (Å²) >= 11 is 6.07. The quantitative estimate of drug-likeness (QED) is 0.265. The molecule has 0 aromatic heterocycles. The highest BCUT2D eigenvalue weighted by molar-refractivity contribution is 6.20. The smallest absolute Gasteiger partial charge is 0.381 e. The third-order valence-electron chi connectivity index (χ3n) is 4.37. The fourth-order valence-corrected chi connectivity index (χ4v) is 2.89. The maximum atomic E-state index is 13.2. The number of rotatable bonds is 10. The van der Waals surface area contributed by atoms with Crippen molar-refractivity contribution >= 4 is 23.5 Å². The van der Waals surface area contributed by atoms with Gasteiger partial charge < -0.3 is 9.47 Å². The Balaban J connectivity index is 2.43. The van der Waals surface area contributed by atoms with Gasteiger partial charge in [-0.2, -0.15) is 26.3 Å². The van der Waals surface area contributed by atoms with Crippen molar-refractivity contribution in [3.8, 4) is 0 Å². The van der Waals surface area contributed by atoms with Crippen LogP contribution in [-0.2, 0) is 19.1 Å². The van der Waals surface area contributed by atoms with E-state index < -0.39 is 55.6 Å². The molecule has 1 saturated carbocycles. The molecule has 0 saturated heterocycles. The molecule has 0 spiro atoms. The molecule has 1 aliphatic rings. The Morgan fingerprint density at radius 2 is 1.45 bits per heavy atom. The SMILES string of the molecule is O=C(CCC(=O)OCC(F)(F)C(F)(F)C(F)(F)C(F)F)OCC1CCCCC1Cl. The lowest BCUT2D eigenvalue weighted by atomic mass is 9.89. The Bertz CT molecular complexity index is 573. The van der Waals surface area contributed by atoms with Crippen LogP contribution in [0.15, 0.2) is 0 Å². The normalized spacial score (nSPS) is 21.2. The fraction of sp³-hybridized carbons (Fsp3) is 0.875. The molecule has 29 heavy (non-hydrogen) atoms. The third kappa shape index (κ3) is 6.58. The second-order valence-electron chi connectivity index (χ2n) is 6.61. The number of carbonyl (C=O) groups excluding carboxylic acids is 2. The molecule has 0 heterocycles. The van der Waals surface area contributed by atoms with Crippen LogP contribution >= 0.6 is 11.6 Å². The molecule has 0 N–H and O–H groups in total. The summed E-state index contributed by atoms with van der Waals surface area (Å²) < 4.78 is 110. The third-order valence-corrected chi connectivity index (χ3v) is 4.95. The number of carbonyl (C=O) groups is 2. The molecular formula is C16H19ClF8O4. The van der Waals surface area contributed by atoms with Gasteiger partial charge in [0.15, 0.2) is 6.61 Å². The van der Waals surface area contributed by atoms with E-state index in [0.29, 0.717) is 0 Å². The topological polar surface area (TPSA) is 52.6 Å². The summed E-state index contributed by atoms with van der Waals surface area (Å²) in [6.07, 6.45) is -3.24. The van der Waals surface area contributed by atoms with E-state index in [1.54, 1.807) is 0 Å². The van der Waals surface area contributed by atoms with E-state index in [-0.39, 0.29) is 17.9 Å². The Labute approximate surface area is 165 Å². The Morgan fingerprint density at radius 3 is 1.97 bits per heavy atom. The molecule has 0 aromatic carbocycles. The van der Waals surface area contributed by atoms with E-state index in [9.17, 15) is 44.7 Å². The zero-order valence-corrected chi connectivity index (χ0v) is 15.7. The van der Waals surface area contributed by atoms with Crippen molar-refractivity contribution in [3.63, 3.8) is 0 Å². The Kier molecular flexibility index (Phi) is 8.97. The second kappa shape index (κ2) is 10.1. The first-order valence-corrected chi connectivity index (χ1v) is 9.03. The first kappa shape index (κ1) is 25.7. The minimum atomic E-state index is -6.47. The van der Waals surface area contributed by atoms with Crippen LogP contribution in [0.1, 0.15) is 38.5 Å². The molecule has 170 valence electrons. The van der Waals surface area contributed by atoms with E-state index >= 15 is 0 Å². The van der Waals surface area contributed by atoms with Gasteiger partial charge in [0.05, 0.1) is 19.4 Å². The highest BCUT2D eigenvalue weighted by atomic mass is 35.5. The highest BCUT2D eigenvalue weighted by Gasteiger charge is 2.75. The van der Waals surface area contributed by atoms with Crippen LogP contribution in [0, 0.1) is 5.92 Å². The molecule has 0 aromatic rings. The number of esters is 2. The molecule has 1 aliphatic carbocycles. The summed E-state index contributed by atoms with van der Waals surface area (Å²) in [4.78, 5) is 22.8. The average molecular weight is 463 g/mol. The minimum absolute atomic E-state index is 0.0188. The maximum Gasteiger partial charge on any atom is 0.381 e. The summed E-state index contributed by atoms with van der Waals surface area (Å²) in [5.41, 5.74) is 0. The standard InChI is InChI=1S/C16H19ClF8O4/c17-10-4-2-1-3-9(10)7-28-11(26)5-6-12(27)29-8-14(20,21)16(24,25)15(22,23)13(18)19/h9-10,13H,1-8H2. The van der Waals surface area contributed by atoms with Crippen LogP contribution in [0.25, 0.3) is 0 Å². The van der Waals surface area contributed by atoms with E-state index in [2.05, 4.69) is 4.74 Å². The average Bonchev–Trinajstić information content (AvgIpc) is 2.63. The Hall–Kier alpha value is -1.33. The van der Waals surface area contributed by atoms with Crippen molar-refractivity contribution in [3.05, 3.63) is 0 Å². The molecule has 0 bridgehead atoms. The first-order valence-electron chi connectivity index (χ1n) is 8.59. The molecule has 4 nitrogen and oxygen atoms in total. The van der Waals surface area contributed by atoms with E-state index in [1.165, 1.54) is 0 Å². The summed E-state index contributed by atoms with van der Waals surface area (Å²) in [7, 11) is 0. The molecule has 0 amide bonds. The van der Waals surface area contributed by atoms with Crippen LogP contribution in [0.2, 0.25) is 0 Å². The van der Waals surface area contributed by atoms with Crippen molar-refractivity contribution in [2.75, 3.05) is 13.2 Å². The molecule has 2 atom stereocenters. The van der Waals surface area contributed by atoms with Crippen molar-refractivity contribution in [2.45, 2.75) is 68.1 Å². The van der Waals surface area contributed by atoms with E-state index in [0.717, 1.165) is 25.7 Å². The van der Waals surface area contributed by atoms with Crippen LogP contribution < -0.4 is 0 Å². The molecule has 0 radical (unpaired) electrons. The predicted octanol–water partition coefficient (Wildman–Crippen LogP) is 4.82. The molecule has 13 heteroatoms. The van der Waals surface area contributed by atoms with E-state index in [4.69, 9.17) is 16.3 Å². The van der Waals surface area contributed by atoms with Crippen LogP contribution in [0.5, 0.6) is 0 Å². The van der Waals surface area contributed by atoms with Crippen molar-refractivity contribution < 1.29 is 54.2 Å². The molecule has 2 unspecified atom stereocenters. The number of halogens is 9. The van der Waals surface area contributed by atoms with Crippen molar-refractivity contribution in [2.24, 2.45) is 5.92 Å². The van der Waals surface area contributed by atoms with Crippen LogP contribution in [0.3, 0.4) is 0 Å². The van der Waals surface area contributed by atoms with Gasteiger partial charge in [-0.3, -0.25) is 9.59 Å². The summed E-state index contributed by atoms with van der Waals surface area (Å²) in [5.74, 6) is -21.2. The van der Waals surface area contributed by atoms with Crippen molar-refractivity contribution in [1.82, 2.24) is 0 Å². The summed E-state index contributed by atoms with van der Waals surface area (Å²) in [6.45, 7) is -2.58. The van der Waals surface area contributed by atoms with Gasteiger partial charge in [-0.1, -0.05) is 12.8 Å². The van der Waals surface area contributed by atoms with Gasteiger partial charge in [0.1, 0.15) is 0 Å². The molecular weight excluding hydrogens is 444 g/mol. The lowest BCUT2D eigenvalue weighted by molar-refractivity contribution is -0.344. The fourth-order valence-electron chi connectivity index (χ4n) is 2.54. The monoisotopic (exact) mass is 462 g/mol. The Morgan fingerprint density at radius 1 is 0.931 bits per heavy atom. The van der Waals surface area contributed by atoms with E-state index in [1.807, 2.05) is 0 Å². The molecule has 0 aliphatic heterocycles. The number of ether oxygens (including phenoxy) is 2. The van der Waals surface area contributed by atoms with Gasteiger partial charge in [0.2, 0.25) is 0 Å². The lowest BCUT2D eigenvalue weighted by Crippen LogP contribution is -2.59. The van der Waals surface area contributed by atoms with Crippen molar-refractivity contribution in [1.29, 1.82) is 0 Å². The highest BCUT2D eigenvalue weighted by Crippen LogP contribution is 2.48. The first-order chi connectivity index (χ1) is 13.2. The predicted molar refractivity (Wildman–Crippen MR) is 83.6 cm³/mol. The maximum absolute atomic E-state index is 13.2. The summed E-state index contributed by atoms with van der Waals surface area (Å²) in [6, 6.07) is 0. The molecule has 1 rings (SSSR count). The van der Waals surface area contributed by atoms with Gasteiger partial charge in [0.25, 0.3) is 0 Å². The molecule has 1 fully saturated rings. The largest absolute Gasteiger partial charge is 0.465 e. The zero-order chi connectivity index (χ0) is 22.5. The number of hydrogen-bond donors (Lipinski definition) is 0. The van der Waals surface area contributed by atoms with Gasteiger partial charge in [-0.05, 0) is 12.8 Å². The van der Waals surface area contributed by atoms with Crippen LogP contribution in [-0.4, -0.2) is 54.7 Å². The second-order valence-corrected chi connectivity index (χ2v) is 7.17. The summed E-state index contributed by atoms with van der Waals surface area (Å²) in [5, 5.41) is -0.184. The van der Waals surface area contributed by atoms with Gasteiger partial charge >= 0.3 is 36.1 Å². The lowest BCUT2D eigenvalue weighted by Gasteiger charge is -2.31. The van der Waals surface area contributed by atoms with Gasteiger partial charge in [0, 0.05) is 11.3 Å². The number of hydrogen-bond acceptors (Lipinski definition) is 4. The number of alkyl halides is 9. The van der Waals surface area contributed by atoms with Crippen LogP contribution in [0.4, 0.5) is 35.1 Å². The minimum Gasteiger partial charge on any atom is -0.465 e. The van der Waals surface area contributed by atoms with Gasteiger partial charge in [-0.15, -0.1) is 11.6 Å². The van der Waals surface area contributed by atoms with Gasteiger partial charge in [-0.25, -0.2) is 8.78 Å².